The van der Waals surface area contributed by atoms with Gasteiger partial charge in [0.25, 0.3) is 0 Å². The van der Waals surface area contributed by atoms with Crippen molar-refractivity contribution in [3.8, 4) is 0 Å². The lowest BCUT2D eigenvalue weighted by Crippen LogP contribution is -2.32. The largest absolute Gasteiger partial charge is 0.480 e. The van der Waals surface area contributed by atoms with Crippen molar-refractivity contribution in [2.24, 2.45) is 23.5 Å². The van der Waals surface area contributed by atoms with Crippen molar-refractivity contribution in [3.05, 3.63) is 29.8 Å². The van der Waals surface area contributed by atoms with Gasteiger partial charge >= 0.3 is 5.97 Å². The molecule has 2 saturated carbocycles. The zero-order chi connectivity index (χ0) is 14.8. The fourth-order valence-electron chi connectivity index (χ4n) is 3.51. The first-order valence-electron chi connectivity index (χ1n) is 7.83. The van der Waals surface area contributed by atoms with Crippen molar-refractivity contribution in [2.75, 3.05) is 5.75 Å². The van der Waals surface area contributed by atoms with E-state index in [1.54, 1.807) is 0 Å². The quantitative estimate of drug-likeness (QED) is 0.792. The Hall–Kier alpha value is -1.00. The molecular formula is C17H23NO2S. The van der Waals surface area contributed by atoms with Crippen LogP contribution in [0.5, 0.6) is 0 Å². The predicted molar refractivity (Wildman–Crippen MR) is 85.4 cm³/mol. The molecule has 0 bridgehead atoms. The predicted octanol–water partition coefficient (Wildman–Crippen LogP) is 3.17. The van der Waals surface area contributed by atoms with Gasteiger partial charge in [0.2, 0.25) is 0 Å². The molecule has 4 atom stereocenters. The van der Waals surface area contributed by atoms with Crippen LogP contribution in [0.3, 0.4) is 0 Å². The minimum Gasteiger partial charge on any atom is -0.480 e. The summed E-state index contributed by atoms with van der Waals surface area (Å²) in [5.41, 5.74) is 6.55. The third kappa shape index (κ3) is 3.80. The molecule has 1 aromatic carbocycles. The fourth-order valence-corrected chi connectivity index (χ4v) is 4.66. The number of hydrogen-bond acceptors (Lipinski definition) is 3. The molecule has 0 spiro atoms. The van der Waals surface area contributed by atoms with E-state index in [0.29, 0.717) is 6.42 Å². The monoisotopic (exact) mass is 305 g/mol. The van der Waals surface area contributed by atoms with Crippen LogP contribution in [0, 0.1) is 17.8 Å². The van der Waals surface area contributed by atoms with Crippen molar-refractivity contribution in [1.82, 2.24) is 0 Å². The highest BCUT2D eigenvalue weighted by Gasteiger charge is 2.44. The summed E-state index contributed by atoms with van der Waals surface area (Å²) in [6.07, 6.45) is 6.15. The average molecular weight is 305 g/mol. The van der Waals surface area contributed by atoms with Gasteiger partial charge in [0.1, 0.15) is 6.04 Å². The van der Waals surface area contributed by atoms with Crippen LogP contribution in [0.2, 0.25) is 0 Å². The van der Waals surface area contributed by atoms with Gasteiger partial charge in [-0.15, -0.1) is 11.8 Å². The second kappa shape index (κ2) is 6.41. The van der Waals surface area contributed by atoms with Crippen LogP contribution in [0.15, 0.2) is 29.2 Å². The number of rotatable bonds is 6. The lowest BCUT2D eigenvalue weighted by atomic mass is 9.91. The topological polar surface area (TPSA) is 63.3 Å². The Kier molecular flexibility index (Phi) is 4.55. The zero-order valence-corrected chi connectivity index (χ0v) is 13.0. The average Bonchev–Trinajstić information content (AvgIpc) is 3.26. The third-order valence-corrected chi connectivity index (χ3v) is 6.09. The van der Waals surface area contributed by atoms with Crippen molar-refractivity contribution in [2.45, 2.75) is 43.0 Å². The Morgan fingerprint density at radius 1 is 1.33 bits per heavy atom. The van der Waals surface area contributed by atoms with Gasteiger partial charge in [-0.1, -0.05) is 25.0 Å². The van der Waals surface area contributed by atoms with Crippen molar-refractivity contribution in [1.29, 1.82) is 0 Å². The maximum atomic E-state index is 10.8. The Balaban J connectivity index is 1.49. The molecule has 0 aliphatic heterocycles. The summed E-state index contributed by atoms with van der Waals surface area (Å²) in [4.78, 5) is 12.0. The molecule has 4 heteroatoms. The number of nitrogens with two attached hydrogens (primary N) is 1. The van der Waals surface area contributed by atoms with Gasteiger partial charge in [0, 0.05) is 10.6 Å². The molecule has 1 aromatic rings. The lowest BCUT2D eigenvalue weighted by Gasteiger charge is -2.20. The summed E-state index contributed by atoms with van der Waals surface area (Å²) < 4.78 is 0. The molecule has 21 heavy (non-hydrogen) atoms. The second-order valence-electron chi connectivity index (χ2n) is 6.45. The number of benzene rings is 1. The van der Waals surface area contributed by atoms with Crippen LogP contribution in [0.1, 0.15) is 31.2 Å². The van der Waals surface area contributed by atoms with Gasteiger partial charge in [0.15, 0.2) is 0 Å². The molecule has 0 radical (unpaired) electrons. The maximum absolute atomic E-state index is 10.8. The number of carboxylic acid groups (broad SMARTS) is 1. The Bertz CT molecular complexity index is 502. The Morgan fingerprint density at radius 3 is 2.81 bits per heavy atom. The van der Waals surface area contributed by atoms with Crippen molar-refractivity contribution in [3.63, 3.8) is 0 Å². The molecule has 0 heterocycles. The van der Waals surface area contributed by atoms with Gasteiger partial charge in [-0.25, -0.2) is 0 Å². The number of thioether (sulfide) groups is 1. The Labute approximate surface area is 130 Å². The van der Waals surface area contributed by atoms with Crippen LogP contribution in [0.25, 0.3) is 0 Å². The highest BCUT2D eigenvalue weighted by molar-refractivity contribution is 7.99. The molecule has 0 saturated heterocycles. The molecule has 0 amide bonds. The summed E-state index contributed by atoms with van der Waals surface area (Å²) in [5.74, 6) is 3.26. The van der Waals surface area contributed by atoms with E-state index in [9.17, 15) is 4.79 Å². The van der Waals surface area contributed by atoms with E-state index in [0.717, 1.165) is 23.3 Å². The SMILES string of the molecule is NC(Cc1ccc(SCC2CCCC3CC23)cc1)C(=O)O. The summed E-state index contributed by atoms with van der Waals surface area (Å²) in [6.45, 7) is 0. The molecule has 4 unspecified atom stereocenters. The number of hydrogen-bond donors (Lipinski definition) is 2. The molecule has 2 aliphatic carbocycles. The Morgan fingerprint density at radius 2 is 2.10 bits per heavy atom. The maximum Gasteiger partial charge on any atom is 0.320 e. The van der Waals surface area contributed by atoms with Crippen LogP contribution in [0.4, 0.5) is 0 Å². The molecule has 0 aromatic heterocycles. The summed E-state index contributed by atoms with van der Waals surface area (Å²) in [5, 5.41) is 8.83. The molecule has 3 N–H and O–H groups in total. The van der Waals surface area contributed by atoms with E-state index in [1.807, 2.05) is 23.9 Å². The van der Waals surface area contributed by atoms with Crippen molar-refractivity contribution >= 4 is 17.7 Å². The molecule has 3 rings (SSSR count). The highest BCUT2D eigenvalue weighted by atomic mass is 32.2. The van der Waals surface area contributed by atoms with E-state index >= 15 is 0 Å². The normalized spacial score (nSPS) is 28.7. The van der Waals surface area contributed by atoms with E-state index in [1.165, 1.54) is 36.3 Å². The number of carboxylic acids is 1. The third-order valence-electron chi connectivity index (χ3n) is 4.89. The minimum atomic E-state index is -0.940. The van der Waals surface area contributed by atoms with Gasteiger partial charge in [0.05, 0.1) is 0 Å². The minimum absolute atomic E-state index is 0.395. The molecule has 3 nitrogen and oxygen atoms in total. The smallest absolute Gasteiger partial charge is 0.320 e. The first-order valence-corrected chi connectivity index (χ1v) is 8.82. The van der Waals surface area contributed by atoms with E-state index in [4.69, 9.17) is 10.8 Å². The van der Waals surface area contributed by atoms with Crippen LogP contribution >= 0.6 is 11.8 Å². The summed E-state index contributed by atoms with van der Waals surface area (Å²) in [7, 11) is 0. The van der Waals surface area contributed by atoms with Gasteiger partial charge < -0.3 is 10.8 Å². The summed E-state index contributed by atoms with van der Waals surface area (Å²) in [6, 6.07) is 7.40. The van der Waals surface area contributed by atoms with E-state index < -0.39 is 12.0 Å². The summed E-state index contributed by atoms with van der Waals surface area (Å²) >= 11 is 1.94. The molecule has 2 fully saturated rings. The zero-order valence-electron chi connectivity index (χ0n) is 12.2. The number of aliphatic carboxylic acids is 1. The first-order chi connectivity index (χ1) is 10.1. The van der Waals surface area contributed by atoms with Gasteiger partial charge in [-0.05, 0) is 54.7 Å². The van der Waals surface area contributed by atoms with E-state index in [2.05, 4.69) is 12.1 Å². The van der Waals surface area contributed by atoms with Gasteiger partial charge in [-0.3, -0.25) is 4.79 Å². The highest BCUT2D eigenvalue weighted by Crippen LogP contribution is 2.53. The first kappa shape index (κ1) is 14.9. The fraction of sp³-hybridized carbons (Fsp3) is 0.588. The molecule has 114 valence electrons. The van der Waals surface area contributed by atoms with Crippen LogP contribution in [-0.2, 0) is 11.2 Å². The lowest BCUT2D eigenvalue weighted by molar-refractivity contribution is -0.138. The standard InChI is InChI=1S/C17H23NO2S/c18-16(17(19)20)8-11-4-6-14(7-5-11)21-10-13-3-1-2-12-9-15(12)13/h4-7,12-13,15-16H,1-3,8-10,18H2,(H,19,20). The van der Waals surface area contributed by atoms with E-state index in [-0.39, 0.29) is 0 Å². The van der Waals surface area contributed by atoms with Crippen LogP contribution in [-0.4, -0.2) is 22.9 Å². The number of fused-ring (bicyclic) bond motifs is 1. The van der Waals surface area contributed by atoms with Crippen LogP contribution < -0.4 is 5.73 Å². The number of carbonyl (C=O) groups is 1. The van der Waals surface area contributed by atoms with Gasteiger partial charge in [-0.2, -0.15) is 0 Å². The van der Waals surface area contributed by atoms with Crippen molar-refractivity contribution < 1.29 is 9.90 Å². The molecule has 2 aliphatic rings. The molecular weight excluding hydrogens is 282 g/mol. The second-order valence-corrected chi connectivity index (χ2v) is 7.55.